The zero-order valence-electron chi connectivity index (χ0n) is 25.3. The molecule has 3 aromatic rings. The van der Waals surface area contributed by atoms with E-state index in [1.165, 1.54) is 5.56 Å². The Kier molecular flexibility index (Phi) is 7.72. The number of nitrogens with zero attached hydrogens (tertiary/aromatic N) is 5. The Morgan fingerprint density at radius 1 is 1.10 bits per heavy atom. The topological polar surface area (TPSA) is 105 Å². The van der Waals surface area contributed by atoms with Gasteiger partial charge in [0.15, 0.2) is 5.82 Å². The molecule has 1 unspecified atom stereocenters. The van der Waals surface area contributed by atoms with Crippen LogP contribution >= 0.6 is 0 Å². The largest absolute Gasteiger partial charge is 0.444 e. The molecule has 1 aromatic carbocycles. The minimum Gasteiger partial charge on any atom is -0.444 e. The number of pyridine rings is 1. The van der Waals surface area contributed by atoms with Crippen molar-refractivity contribution in [1.29, 1.82) is 0 Å². The number of piperidine rings is 1. The van der Waals surface area contributed by atoms with Crippen molar-refractivity contribution in [2.45, 2.75) is 77.4 Å². The molecule has 2 aliphatic heterocycles. The fourth-order valence-corrected chi connectivity index (χ4v) is 6.27. The lowest BCUT2D eigenvalue weighted by molar-refractivity contribution is -0.127. The first-order valence-electron chi connectivity index (χ1n) is 14.6. The number of aliphatic hydroxyl groups is 1. The smallest absolute Gasteiger partial charge is 0.410 e. The number of aromatic nitrogens is 3. The summed E-state index contributed by atoms with van der Waals surface area (Å²) in [7, 11) is 2.07. The first kappa shape index (κ1) is 29.2. The Bertz CT molecular complexity index is 1370. The Labute approximate surface area is 242 Å². The van der Waals surface area contributed by atoms with Gasteiger partial charge in [-0.15, -0.1) is 0 Å². The van der Waals surface area contributed by atoms with E-state index in [9.17, 15) is 9.90 Å². The fraction of sp³-hybridized carbons (Fsp3) is 0.562. The lowest BCUT2D eigenvalue weighted by Gasteiger charge is -2.55. The van der Waals surface area contributed by atoms with Gasteiger partial charge in [-0.1, -0.05) is 50.2 Å². The minimum atomic E-state index is -1.25. The van der Waals surface area contributed by atoms with Crippen LogP contribution in [0.15, 0.2) is 47.2 Å². The second kappa shape index (κ2) is 10.8. The van der Waals surface area contributed by atoms with Crippen LogP contribution in [0.1, 0.15) is 88.7 Å². The molecule has 1 N–H and O–H groups in total. The molecule has 2 fully saturated rings. The standard InChI is InChI=1S/C32H43N5O4/c1-21(2)22-8-10-25(11-9-22)32(39,31(6)19-36(7)20-31)26-16-24(17-33-18-26)28-34-27(35-41-28)23-12-14-37(15-13-23)29(38)40-30(3,4)5/h8-11,16-18,21,23,39H,12-15,19-20H2,1-7H3. The van der Waals surface area contributed by atoms with Crippen LogP contribution in [0.3, 0.4) is 0 Å². The molecular weight excluding hydrogens is 518 g/mol. The second-order valence-corrected chi connectivity index (χ2v) is 13.4. The van der Waals surface area contributed by atoms with Gasteiger partial charge in [-0.05, 0) is 63.8 Å². The van der Waals surface area contributed by atoms with Gasteiger partial charge in [-0.3, -0.25) is 4.98 Å². The van der Waals surface area contributed by atoms with E-state index in [1.807, 2.05) is 39.0 Å². The van der Waals surface area contributed by atoms with Gasteiger partial charge in [0.25, 0.3) is 5.89 Å². The van der Waals surface area contributed by atoms with Crippen LogP contribution < -0.4 is 0 Å². The van der Waals surface area contributed by atoms with Crippen LogP contribution in [-0.2, 0) is 10.3 Å². The van der Waals surface area contributed by atoms with E-state index < -0.39 is 16.6 Å². The highest BCUT2D eigenvalue weighted by Crippen LogP contribution is 2.50. The average molecular weight is 562 g/mol. The van der Waals surface area contributed by atoms with Crippen LogP contribution in [0.25, 0.3) is 11.5 Å². The van der Waals surface area contributed by atoms with Gasteiger partial charge in [0.2, 0.25) is 0 Å². The first-order chi connectivity index (χ1) is 19.3. The van der Waals surface area contributed by atoms with Crippen LogP contribution in [0.2, 0.25) is 0 Å². The highest BCUT2D eigenvalue weighted by molar-refractivity contribution is 5.68. The van der Waals surface area contributed by atoms with Gasteiger partial charge >= 0.3 is 6.09 Å². The molecule has 41 heavy (non-hydrogen) atoms. The molecule has 0 bridgehead atoms. The third-order valence-electron chi connectivity index (χ3n) is 8.46. The van der Waals surface area contributed by atoms with Crippen LogP contribution in [0.4, 0.5) is 4.79 Å². The molecule has 220 valence electrons. The predicted octanol–water partition coefficient (Wildman–Crippen LogP) is 5.56. The van der Waals surface area contributed by atoms with E-state index in [-0.39, 0.29) is 12.0 Å². The molecule has 0 saturated carbocycles. The Balaban J connectivity index is 1.38. The van der Waals surface area contributed by atoms with E-state index >= 15 is 0 Å². The number of carbonyl (C=O) groups is 1. The van der Waals surface area contributed by atoms with Crippen LogP contribution in [0, 0.1) is 5.41 Å². The fourth-order valence-electron chi connectivity index (χ4n) is 6.27. The van der Waals surface area contributed by atoms with Gasteiger partial charge in [0, 0.05) is 55.5 Å². The molecule has 9 nitrogen and oxygen atoms in total. The zero-order valence-corrected chi connectivity index (χ0v) is 25.3. The molecule has 0 aliphatic carbocycles. The summed E-state index contributed by atoms with van der Waals surface area (Å²) in [4.78, 5) is 25.6. The molecule has 2 aromatic heterocycles. The summed E-state index contributed by atoms with van der Waals surface area (Å²) in [5.41, 5.74) is 1.27. The minimum absolute atomic E-state index is 0.0863. The van der Waals surface area contributed by atoms with Gasteiger partial charge in [-0.2, -0.15) is 4.98 Å². The lowest BCUT2D eigenvalue weighted by Crippen LogP contribution is -2.63. The molecule has 0 radical (unpaired) electrons. The van der Waals surface area contributed by atoms with E-state index in [4.69, 9.17) is 14.2 Å². The van der Waals surface area contributed by atoms with Crippen molar-refractivity contribution in [3.8, 4) is 11.5 Å². The van der Waals surface area contributed by atoms with Gasteiger partial charge in [0.1, 0.15) is 11.2 Å². The Morgan fingerprint density at radius 2 is 1.76 bits per heavy atom. The molecular formula is C32H43N5O4. The first-order valence-corrected chi connectivity index (χ1v) is 14.6. The van der Waals surface area contributed by atoms with Crippen LogP contribution in [-0.4, -0.2) is 75.0 Å². The van der Waals surface area contributed by atoms with Crippen LogP contribution in [0.5, 0.6) is 0 Å². The molecule has 2 aliphatic rings. The summed E-state index contributed by atoms with van der Waals surface area (Å²) in [6, 6.07) is 10.2. The van der Waals surface area contributed by atoms with Crippen molar-refractivity contribution in [3.05, 3.63) is 65.2 Å². The number of ether oxygens (including phenoxy) is 1. The summed E-state index contributed by atoms with van der Waals surface area (Å²) in [5, 5.41) is 16.8. The monoisotopic (exact) mass is 561 g/mol. The number of rotatable bonds is 6. The number of benzene rings is 1. The number of carbonyl (C=O) groups excluding carboxylic acids is 1. The molecule has 9 heteroatoms. The molecule has 5 rings (SSSR count). The maximum atomic E-state index is 12.5. The molecule has 1 atom stereocenters. The van der Waals surface area contributed by atoms with Crippen molar-refractivity contribution in [2.75, 3.05) is 33.2 Å². The van der Waals surface area contributed by atoms with E-state index in [2.05, 4.69) is 55.0 Å². The normalized spacial score (nSPS) is 19.6. The molecule has 4 heterocycles. The summed E-state index contributed by atoms with van der Waals surface area (Å²) in [6.07, 6.45) is 4.62. The average Bonchev–Trinajstić information content (AvgIpc) is 3.41. The highest BCUT2D eigenvalue weighted by atomic mass is 16.6. The van der Waals surface area contributed by atoms with Gasteiger partial charge in [0.05, 0.1) is 5.56 Å². The van der Waals surface area contributed by atoms with E-state index in [0.29, 0.717) is 41.8 Å². The summed E-state index contributed by atoms with van der Waals surface area (Å²) in [5.74, 6) is 1.49. The maximum absolute atomic E-state index is 12.5. The Hall–Kier alpha value is -3.30. The van der Waals surface area contributed by atoms with Gasteiger partial charge < -0.3 is 24.2 Å². The number of amides is 1. The summed E-state index contributed by atoms with van der Waals surface area (Å²) < 4.78 is 11.2. The summed E-state index contributed by atoms with van der Waals surface area (Å²) in [6.45, 7) is 14.7. The van der Waals surface area contributed by atoms with Crippen molar-refractivity contribution in [1.82, 2.24) is 24.9 Å². The zero-order chi connectivity index (χ0) is 29.6. The maximum Gasteiger partial charge on any atom is 0.410 e. The number of likely N-dealkylation sites (tertiary alicyclic amines) is 2. The van der Waals surface area contributed by atoms with Gasteiger partial charge in [-0.25, -0.2) is 4.79 Å². The molecule has 1 amide bonds. The number of hydrogen-bond donors (Lipinski definition) is 1. The third-order valence-corrected chi connectivity index (χ3v) is 8.46. The van der Waals surface area contributed by atoms with Crippen molar-refractivity contribution in [3.63, 3.8) is 0 Å². The lowest BCUT2D eigenvalue weighted by atomic mass is 9.62. The van der Waals surface area contributed by atoms with E-state index in [0.717, 1.165) is 31.5 Å². The van der Waals surface area contributed by atoms with Crippen molar-refractivity contribution >= 4 is 6.09 Å². The number of hydrogen-bond acceptors (Lipinski definition) is 8. The van der Waals surface area contributed by atoms with Crippen molar-refractivity contribution in [2.24, 2.45) is 5.41 Å². The molecule has 2 saturated heterocycles. The quantitative estimate of drug-likeness (QED) is 0.417. The predicted molar refractivity (Wildman–Crippen MR) is 156 cm³/mol. The highest BCUT2D eigenvalue weighted by Gasteiger charge is 2.55. The van der Waals surface area contributed by atoms with Crippen molar-refractivity contribution < 1.29 is 19.2 Å². The van der Waals surface area contributed by atoms with E-state index in [1.54, 1.807) is 17.3 Å². The molecule has 0 spiro atoms. The third kappa shape index (κ3) is 5.75. The SMILES string of the molecule is CC(C)c1ccc(C(O)(c2cncc(-c3nc(C4CCN(C(=O)OC(C)(C)C)CC4)no3)c2)C2(C)CN(C)C2)cc1. The second-order valence-electron chi connectivity index (χ2n) is 13.4. The Morgan fingerprint density at radius 3 is 2.34 bits per heavy atom. The summed E-state index contributed by atoms with van der Waals surface area (Å²) >= 11 is 0.